The zero-order valence-corrected chi connectivity index (χ0v) is 19.4. The molecule has 9 nitrogen and oxygen atoms in total. The van der Waals surface area contributed by atoms with Gasteiger partial charge < -0.3 is 20.4 Å². The van der Waals surface area contributed by atoms with Crippen molar-refractivity contribution in [3.8, 4) is 11.3 Å². The summed E-state index contributed by atoms with van der Waals surface area (Å²) in [7, 11) is 0. The van der Waals surface area contributed by atoms with Gasteiger partial charge in [0.25, 0.3) is 11.1 Å². The maximum absolute atomic E-state index is 11.8. The lowest BCUT2D eigenvalue weighted by molar-refractivity contribution is -0.115. The highest BCUT2D eigenvalue weighted by atomic mass is 32.2. The molecule has 1 saturated heterocycles. The number of thioether (sulfide) groups is 1. The van der Waals surface area contributed by atoms with E-state index in [0.29, 0.717) is 35.2 Å². The van der Waals surface area contributed by atoms with Crippen LogP contribution in [0.3, 0.4) is 0 Å². The molecule has 1 aliphatic carbocycles. The van der Waals surface area contributed by atoms with Crippen LogP contribution in [0, 0.1) is 0 Å². The van der Waals surface area contributed by atoms with Crippen molar-refractivity contribution in [2.45, 2.75) is 44.3 Å². The van der Waals surface area contributed by atoms with E-state index in [1.54, 1.807) is 18.6 Å². The number of aromatic nitrogens is 1. The largest absolute Gasteiger partial charge is 0.472 e. The number of allylic oxidation sites excluding steroid dienone is 1. The summed E-state index contributed by atoms with van der Waals surface area (Å²) in [5.74, 6) is 0.342. The molecule has 5 rings (SSSR count). The van der Waals surface area contributed by atoms with Crippen LogP contribution in [-0.4, -0.2) is 40.7 Å². The average Bonchev–Trinajstić information content (AvgIpc) is 3.49. The van der Waals surface area contributed by atoms with Gasteiger partial charge in [-0.3, -0.25) is 19.9 Å². The Bertz CT molecular complexity index is 1150. The summed E-state index contributed by atoms with van der Waals surface area (Å²) in [6, 6.07) is 8.77. The third-order valence-electron chi connectivity index (χ3n) is 6.01. The Morgan fingerprint density at radius 3 is 2.76 bits per heavy atom. The first-order valence-electron chi connectivity index (χ1n) is 11.4. The van der Waals surface area contributed by atoms with Crippen molar-refractivity contribution in [2.75, 3.05) is 6.54 Å². The van der Waals surface area contributed by atoms with Crippen molar-refractivity contribution < 1.29 is 14.0 Å². The molecule has 3 aliphatic rings. The number of carbonyl (C=O) groups is 2. The van der Waals surface area contributed by atoms with E-state index < -0.39 is 0 Å². The summed E-state index contributed by atoms with van der Waals surface area (Å²) in [6.45, 7) is 1.35. The summed E-state index contributed by atoms with van der Waals surface area (Å²) < 4.78 is 5.16. The van der Waals surface area contributed by atoms with Gasteiger partial charge in [0.1, 0.15) is 0 Å². The molecule has 0 atom stereocenters. The third kappa shape index (κ3) is 5.57. The second-order valence-corrected chi connectivity index (χ2v) is 9.44. The molecule has 4 heterocycles. The Labute approximate surface area is 201 Å². The van der Waals surface area contributed by atoms with Crippen molar-refractivity contribution in [1.29, 1.82) is 0 Å². The number of furan rings is 1. The average molecular weight is 479 g/mol. The number of rotatable bonds is 6. The number of pyridine rings is 1. The Balaban J connectivity index is 1.09. The molecule has 1 saturated carbocycles. The smallest absolute Gasteiger partial charge is 0.290 e. The van der Waals surface area contributed by atoms with Gasteiger partial charge >= 0.3 is 0 Å². The minimum Gasteiger partial charge on any atom is -0.472 e. The predicted octanol–water partition coefficient (Wildman–Crippen LogP) is 3.04. The normalized spacial score (nSPS) is 23.8. The first-order valence-corrected chi connectivity index (χ1v) is 12.2. The molecule has 2 aromatic rings. The van der Waals surface area contributed by atoms with Crippen molar-refractivity contribution in [3.63, 3.8) is 0 Å². The fraction of sp³-hybridized carbons (Fsp3) is 0.333. The Hall–Kier alpha value is -3.37. The second-order valence-electron chi connectivity index (χ2n) is 8.42. The molecule has 34 heavy (non-hydrogen) atoms. The van der Waals surface area contributed by atoms with E-state index in [-0.39, 0.29) is 11.1 Å². The minimum absolute atomic E-state index is 0.338. The van der Waals surface area contributed by atoms with E-state index in [2.05, 4.69) is 26.3 Å². The molecular weight excluding hydrogens is 452 g/mol. The minimum atomic E-state index is -0.367. The zero-order chi connectivity index (χ0) is 23.3. The number of nitrogens with one attached hydrogen (secondary N) is 4. The first-order chi connectivity index (χ1) is 16.6. The molecule has 0 bridgehead atoms. The molecule has 0 radical (unpaired) electrons. The quantitative estimate of drug-likeness (QED) is 0.468. The molecule has 0 aromatic carbocycles. The van der Waals surface area contributed by atoms with Gasteiger partial charge in [-0.05, 0) is 67.8 Å². The molecule has 2 fully saturated rings. The molecule has 10 heteroatoms. The van der Waals surface area contributed by atoms with Crippen LogP contribution in [0.2, 0.25) is 0 Å². The SMILES string of the molecule is O=C1NC(=O)/C(=C/C2=CCNC(N[C@H]3CC[C@H](NCc4cccc(-c5ccoc5)n4)CC3)=N2)S1. The van der Waals surface area contributed by atoms with Gasteiger partial charge in [-0.15, -0.1) is 0 Å². The zero-order valence-electron chi connectivity index (χ0n) is 18.5. The fourth-order valence-corrected chi connectivity index (χ4v) is 4.90. The summed E-state index contributed by atoms with van der Waals surface area (Å²) in [5.41, 5.74) is 3.60. The van der Waals surface area contributed by atoms with Crippen LogP contribution in [-0.2, 0) is 11.3 Å². The Kier molecular flexibility index (Phi) is 6.77. The van der Waals surface area contributed by atoms with Gasteiger partial charge in [0, 0.05) is 30.7 Å². The molecule has 0 unspecified atom stereocenters. The van der Waals surface area contributed by atoms with Crippen LogP contribution in [0.4, 0.5) is 4.79 Å². The summed E-state index contributed by atoms with van der Waals surface area (Å²) >= 11 is 0.902. The van der Waals surface area contributed by atoms with Crippen LogP contribution in [0.15, 0.2) is 69.0 Å². The van der Waals surface area contributed by atoms with E-state index in [9.17, 15) is 9.59 Å². The van der Waals surface area contributed by atoms with E-state index in [0.717, 1.165) is 60.9 Å². The monoisotopic (exact) mass is 478 g/mol. The number of hydrogen-bond acceptors (Lipinski definition) is 9. The number of hydrogen-bond donors (Lipinski definition) is 4. The summed E-state index contributed by atoms with van der Waals surface area (Å²) in [4.78, 5) is 32.8. The highest BCUT2D eigenvalue weighted by Crippen LogP contribution is 2.25. The fourth-order valence-electron chi connectivity index (χ4n) is 4.23. The van der Waals surface area contributed by atoms with Crippen molar-refractivity contribution in [2.24, 2.45) is 4.99 Å². The first kappa shape index (κ1) is 22.4. The van der Waals surface area contributed by atoms with Gasteiger partial charge in [0.15, 0.2) is 5.96 Å². The van der Waals surface area contributed by atoms with E-state index in [4.69, 9.17) is 9.40 Å². The van der Waals surface area contributed by atoms with Gasteiger partial charge in [0.05, 0.1) is 34.5 Å². The molecule has 2 amide bonds. The lowest BCUT2D eigenvalue weighted by Crippen LogP contribution is -2.47. The second kappa shape index (κ2) is 10.3. The maximum atomic E-state index is 11.8. The molecule has 4 N–H and O–H groups in total. The number of amides is 2. The molecular formula is C24H26N6O3S. The highest BCUT2D eigenvalue weighted by Gasteiger charge is 2.26. The van der Waals surface area contributed by atoms with Crippen molar-refractivity contribution in [3.05, 3.63) is 65.2 Å². The predicted molar refractivity (Wildman–Crippen MR) is 131 cm³/mol. The summed E-state index contributed by atoms with van der Waals surface area (Å²) in [6.07, 6.45) is 11.1. The third-order valence-corrected chi connectivity index (χ3v) is 6.82. The van der Waals surface area contributed by atoms with Crippen LogP contribution in [0.1, 0.15) is 31.4 Å². The number of imide groups is 1. The lowest BCUT2D eigenvalue weighted by Gasteiger charge is -2.31. The van der Waals surface area contributed by atoms with Crippen molar-refractivity contribution in [1.82, 2.24) is 26.3 Å². The molecule has 176 valence electrons. The van der Waals surface area contributed by atoms with Gasteiger partial charge in [-0.1, -0.05) is 6.07 Å². The molecule has 2 aliphatic heterocycles. The van der Waals surface area contributed by atoms with Crippen LogP contribution < -0.4 is 21.3 Å². The van der Waals surface area contributed by atoms with E-state index >= 15 is 0 Å². The van der Waals surface area contributed by atoms with Crippen LogP contribution in [0.25, 0.3) is 11.3 Å². The Morgan fingerprint density at radius 1 is 1.15 bits per heavy atom. The molecule has 2 aromatic heterocycles. The van der Waals surface area contributed by atoms with Gasteiger partial charge in [-0.2, -0.15) is 0 Å². The molecule has 0 spiro atoms. The topological polar surface area (TPSA) is 121 Å². The lowest BCUT2D eigenvalue weighted by atomic mass is 9.91. The van der Waals surface area contributed by atoms with Gasteiger partial charge in [-0.25, -0.2) is 4.99 Å². The maximum Gasteiger partial charge on any atom is 0.290 e. The number of guanidine groups is 1. The number of aliphatic imine (C=N–C) groups is 1. The number of carbonyl (C=O) groups excluding carboxylic acids is 2. The standard InChI is InChI=1S/C24H26N6O3S/c31-22-21(34-24(32)30-22)12-18-8-10-25-23(29-18)28-17-6-4-16(5-7-17)26-13-19-2-1-3-20(27-19)15-9-11-33-14-15/h1-3,8-9,11-12,14,16-17,26H,4-7,10,13H2,(H2,25,28,29)(H,30,31,32)/b21-12-/t16-,17-. The number of nitrogens with zero attached hydrogens (tertiary/aromatic N) is 2. The van der Waals surface area contributed by atoms with E-state index in [1.807, 2.05) is 30.3 Å². The van der Waals surface area contributed by atoms with Gasteiger partial charge in [0.2, 0.25) is 0 Å². The van der Waals surface area contributed by atoms with Crippen LogP contribution in [0.5, 0.6) is 0 Å². The van der Waals surface area contributed by atoms with Crippen LogP contribution >= 0.6 is 11.8 Å². The summed E-state index contributed by atoms with van der Waals surface area (Å²) in [5, 5.41) is 12.3. The van der Waals surface area contributed by atoms with Crippen molar-refractivity contribution >= 4 is 28.9 Å². The van der Waals surface area contributed by atoms with E-state index in [1.165, 1.54) is 0 Å². The highest BCUT2D eigenvalue weighted by molar-refractivity contribution is 8.18. The Morgan fingerprint density at radius 2 is 2.00 bits per heavy atom.